The van der Waals surface area contributed by atoms with Gasteiger partial charge in [0.05, 0.1) is 12.6 Å². The van der Waals surface area contributed by atoms with Crippen LogP contribution in [0.25, 0.3) is 0 Å². The highest BCUT2D eigenvalue weighted by atomic mass is 16.6. The Kier molecular flexibility index (Phi) is 4.25. The van der Waals surface area contributed by atoms with Gasteiger partial charge in [-0.2, -0.15) is 0 Å². The van der Waals surface area contributed by atoms with Crippen LogP contribution in [-0.4, -0.2) is 52.8 Å². The van der Waals surface area contributed by atoms with Gasteiger partial charge in [0, 0.05) is 24.5 Å². The molecule has 4 atom stereocenters. The third-order valence-electron chi connectivity index (χ3n) is 5.20. The molecule has 0 spiro atoms. The number of rotatable bonds is 0. The molecule has 0 saturated carbocycles. The highest BCUT2D eigenvalue weighted by molar-refractivity contribution is 5.90. The Morgan fingerprint density at radius 2 is 2.21 bits per heavy atom. The van der Waals surface area contributed by atoms with Crippen molar-refractivity contribution < 1.29 is 24.2 Å². The normalized spacial score (nSPS) is 38.5. The van der Waals surface area contributed by atoms with Gasteiger partial charge < -0.3 is 19.5 Å². The lowest BCUT2D eigenvalue weighted by Gasteiger charge is -2.30. The summed E-state index contributed by atoms with van der Waals surface area (Å²) >= 11 is 0. The second-order valence-electron chi connectivity index (χ2n) is 6.75. The second kappa shape index (κ2) is 6.09. The van der Waals surface area contributed by atoms with E-state index in [1.165, 1.54) is 6.92 Å². The predicted octanol–water partition coefficient (Wildman–Crippen LogP) is 1.32. The number of esters is 2. The van der Waals surface area contributed by atoms with Crippen LogP contribution in [0.1, 0.15) is 26.7 Å². The molecular weight excluding hydrogens is 310 g/mol. The van der Waals surface area contributed by atoms with Gasteiger partial charge in [-0.25, -0.2) is 9.59 Å². The van der Waals surface area contributed by atoms with Crippen LogP contribution in [0.3, 0.4) is 0 Å². The van der Waals surface area contributed by atoms with Crippen LogP contribution in [0, 0.1) is 5.92 Å². The monoisotopic (exact) mass is 333 g/mol. The number of ether oxygens (including phenoxy) is 2. The number of cyclic esters (lactones) is 1. The molecule has 0 radical (unpaired) electrons. The van der Waals surface area contributed by atoms with Crippen LogP contribution in [-0.2, 0) is 19.1 Å². The number of aliphatic hydroxyl groups is 1. The van der Waals surface area contributed by atoms with Crippen molar-refractivity contribution in [3.63, 3.8) is 0 Å². The van der Waals surface area contributed by atoms with Gasteiger partial charge in [-0.3, -0.25) is 0 Å². The molecular formula is C18H23NO5. The van der Waals surface area contributed by atoms with E-state index in [4.69, 9.17) is 9.47 Å². The zero-order chi connectivity index (χ0) is 17.5. The van der Waals surface area contributed by atoms with Crippen molar-refractivity contribution in [2.45, 2.75) is 44.4 Å². The van der Waals surface area contributed by atoms with Crippen molar-refractivity contribution in [3.05, 3.63) is 36.1 Å². The molecule has 0 aromatic carbocycles. The van der Waals surface area contributed by atoms with Gasteiger partial charge in [-0.05, 0) is 38.1 Å². The molecule has 0 bridgehead atoms. The van der Waals surface area contributed by atoms with E-state index in [1.54, 1.807) is 13.0 Å². The lowest BCUT2D eigenvalue weighted by molar-refractivity contribution is -0.163. The molecule has 1 N–H and O–H groups in total. The van der Waals surface area contributed by atoms with Crippen molar-refractivity contribution in [1.82, 2.24) is 4.90 Å². The Morgan fingerprint density at radius 1 is 1.46 bits per heavy atom. The van der Waals surface area contributed by atoms with Crippen LogP contribution >= 0.6 is 0 Å². The van der Waals surface area contributed by atoms with E-state index in [-0.39, 0.29) is 36.7 Å². The van der Waals surface area contributed by atoms with Gasteiger partial charge >= 0.3 is 11.9 Å². The molecule has 2 fully saturated rings. The summed E-state index contributed by atoms with van der Waals surface area (Å²) in [7, 11) is 0. The van der Waals surface area contributed by atoms with Crippen molar-refractivity contribution in [1.29, 1.82) is 0 Å². The minimum absolute atomic E-state index is 0.0209. The maximum Gasteiger partial charge on any atom is 0.342 e. The summed E-state index contributed by atoms with van der Waals surface area (Å²) in [5, 5.41) is 10.5. The smallest absolute Gasteiger partial charge is 0.342 e. The van der Waals surface area contributed by atoms with Gasteiger partial charge in [0.2, 0.25) is 0 Å². The Hall–Kier alpha value is -2.08. The molecule has 0 aromatic heterocycles. The van der Waals surface area contributed by atoms with Crippen molar-refractivity contribution >= 4 is 11.9 Å². The van der Waals surface area contributed by atoms with Crippen molar-refractivity contribution in [2.24, 2.45) is 5.92 Å². The molecule has 3 rings (SSSR count). The summed E-state index contributed by atoms with van der Waals surface area (Å²) < 4.78 is 11.0. The first-order valence-electron chi connectivity index (χ1n) is 8.22. The van der Waals surface area contributed by atoms with Gasteiger partial charge in [0.25, 0.3) is 0 Å². The largest absolute Gasteiger partial charge is 0.463 e. The molecule has 2 saturated heterocycles. The first kappa shape index (κ1) is 16.8. The average Bonchev–Trinajstić information content (AvgIpc) is 3.12. The maximum atomic E-state index is 12.5. The lowest BCUT2D eigenvalue weighted by Crippen LogP contribution is -2.43. The van der Waals surface area contributed by atoms with Crippen LogP contribution in [0.4, 0.5) is 0 Å². The molecule has 4 unspecified atom stereocenters. The summed E-state index contributed by atoms with van der Waals surface area (Å²) in [6.07, 6.45) is 5.99. The summed E-state index contributed by atoms with van der Waals surface area (Å²) in [6, 6.07) is -0.0209. The van der Waals surface area contributed by atoms with Crippen LogP contribution < -0.4 is 0 Å². The number of allylic oxidation sites excluding steroid dienone is 1. The van der Waals surface area contributed by atoms with Gasteiger partial charge in [-0.15, -0.1) is 0 Å². The summed E-state index contributed by atoms with van der Waals surface area (Å²) in [5.41, 5.74) is -1.25. The van der Waals surface area contributed by atoms with Crippen LogP contribution in [0.15, 0.2) is 36.1 Å². The number of nitrogens with zero attached hydrogens (tertiary/aromatic N) is 1. The van der Waals surface area contributed by atoms with E-state index in [1.807, 2.05) is 12.3 Å². The fourth-order valence-electron chi connectivity index (χ4n) is 3.50. The Balaban J connectivity index is 1.91. The molecule has 24 heavy (non-hydrogen) atoms. The zero-order valence-electron chi connectivity index (χ0n) is 14.0. The Morgan fingerprint density at radius 3 is 2.92 bits per heavy atom. The first-order chi connectivity index (χ1) is 11.3. The molecule has 0 amide bonds. The van der Waals surface area contributed by atoms with E-state index in [9.17, 15) is 14.7 Å². The molecule has 3 heterocycles. The highest BCUT2D eigenvalue weighted by Crippen LogP contribution is 2.35. The van der Waals surface area contributed by atoms with Crippen molar-refractivity contribution in [2.75, 3.05) is 13.2 Å². The van der Waals surface area contributed by atoms with Gasteiger partial charge in [0.1, 0.15) is 6.10 Å². The molecule has 3 aliphatic rings. The minimum atomic E-state index is -1.83. The quantitative estimate of drug-likeness (QED) is 0.409. The van der Waals surface area contributed by atoms with E-state index >= 15 is 0 Å². The van der Waals surface area contributed by atoms with Crippen LogP contribution in [0.5, 0.6) is 0 Å². The second-order valence-corrected chi connectivity index (χ2v) is 6.75. The fraction of sp³-hybridized carbons (Fsp3) is 0.556. The van der Waals surface area contributed by atoms with Crippen molar-refractivity contribution in [3.8, 4) is 0 Å². The van der Waals surface area contributed by atoms with Gasteiger partial charge in [-0.1, -0.05) is 12.7 Å². The standard InChI is InChI=1S/C18H23NO5/c1-4-12-9-11(2)18(3,22)17(21)23-10-13-5-7-19-8-6-14(15(13)19)24-16(12)20/h4,6,8,13-15,22H,2,5,7,9-10H2,1,3H3. The molecule has 0 aliphatic carbocycles. The number of carbonyl (C=O) groups excluding carboxylic acids is 2. The summed E-state index contributed by atoms with van der Waals surface area (Å²) in [5.74, 6) is -1.11. The number of hydrogen-bond donors (Lipinski definition) is 1. The molecule has 6 nitrogen and oxygen atoms in total. The average molecular weight is 333 g/mol. The van der Waals surface area contributed by atoms with E-state index in [2.05, 4.69) is 11.5 Å². The molecule has 3 aliphatic heterocycles. The molecule has 6 heteroatoms. The maximum absolute atomic E-state index is 12.5. The highest BCUT2D eigenvalue weighted by Gasteiger charge is 2.45. The SMILES string of the molecule is C=C1CC(=CC)C(=O)OC2C=CN3CCC(COC(=O)C1(C)O)C23. The lowest BCUT2D eigenvalue weighted by atomic mass is 9.90. The molecule has 130 valence electrons. The predicted molar refractivity (Wildman–Crippen MR) is 86.7 cm³/mol. The van der Waals surface area contributed by atoms with E-state index < -0.39 is 17.5 Å². The minimum Gasteiger partial charge on any atom is -0.463 e. The zero-order valence-corrected chi connectivity index (χ0v) is 14.0. The summed E-state index contributed by atoms with van der Waals surface area (Å²) in [6.45, 7) is 7.86. The fourth-order valence-corrected chi connectivity index (χ4v) is 3.50. The Labute approximate surface area is 141 Å². The third kappa shape index (κ3) is 2.75. The number of hydrogen-bond acceptors (Lipinski definition) is 6. The van der Waals surface area contributed by atoms with Gasteiger partial charge in [0.15, 0.2) is 5.60 Å². The first-order valence-corrected chi connectivity index (χ1v) is 8.22. The number of carbonyl (C=O) groups is 2. The molecule has 0 aromatic rings. The van der Waals surface area contributed by atoms with E-state index in [0.717, 1.165) is 13.0 Å². The Bertz CT molecular complexity index is 633. The van der Waals surface area contributed by atoms with E-state index in [0.29, 0.717) is 5.57 Å². The van der Waals surface area contributed by atoms with Crippen LogP contribution in [0.2, 0.25) is 0 Å². The summed E-state index contributed by atoms with van der Waals surface area (Å²) in [4.78, 5) is 26.9. The third-order valence-corrected chi connectivity index (χ3v) is 5.20. The topological polar surface area (TPSA) is 76.1 Å².